The summed E-state index contributed by atoms with van der Waals surface area (Å²) in [5.74, 6) is -0.0597. The van der Waals surface area contributed by atoms with Crippen molar-refractivity contribution in [2.45, 2.75) is 13.8 Å². The van der Waals surface area contributed by atoms with Crippen molar-refractivity contribution in [1.29, 1.82) is 0 Å². The van der Waals surface area contributed by atoms with Gasteiger partial charge in [-0.1, -0.05) is 19.9 Å². The number of rotatable bonds is 7. The van der Waals surface area contributed by atoms with Crippen LogP contribution in [0.2, 0.25) is 0 Å². The number of hydrogen-bond acceptors (Lipinski definition) is 4. The van der Waals surface area contributed by atoms with E-state index in [0.717, 1.165) is 0 Å². The van der Waals surface area contributed by atoms with Gasteiger partial charge in [0.25, 0.3) is 5.91 Å². The maximum absolute atomic E-state index is 12.0. The fourth-order valence-corrected chi connectivity index (χ4v) is 1.72. The van der Waals surface area contributed by atoms with Gasteiger partial charge in [-0.2, -0.15) is 0 Å². The van der Waals surface area contributed by atoms with Crippen molar-refractivity contribution < 1.29 is 14.3 Å². The lowest BCUT2D eigenvalue weighted by atomic mass is 10.2. The molecule has 6 heteroatoms. The van der Waals surface area contributed by atoms with E-state index in [9.17, 15) is 9.59 Å². The van der Waals surface area contributed by atoms with Gasteiger partial charge in [-0.15, -0.1) is 0 Å². The maximum atomic E-state index is 12.0. The van der Waals surface area contributed by atoms with Crippen LogP contribution in [0.1, 0.15) is 13.8 Å². The first-order valence-electron chi connectivity index (χ1n) is 6.43. The third-order valence-electron chi connectivity index (χ3n) is 2.51. The summed E-state index contributed by atoms with van der Waals surface area (Å²) < 4.78 is 5.37. The summed E-state index contributed by atoms with van der Waals surface area (Å²) in [6.45, 7) is 4.13. The number of nitrogens with two attached hydrogens (primary N) is 2. The second-order valence-corrected chi connectivity index (χ2v) is 5.00. The standard InChI is InChI=1S/C14H21N3O3/c1-10(2)7-17(8-13(16)18)14(19)9-20-12-5-3-4-11(15)6-12/h3-6,10H,7-9,15H2,1-2H3,(H2,16,18). The number of amides is 2. The Morgan fingerprint density at radius 1 is 1.35 bits per heavy atom. The third kappa shape index (κ3) is 5.60. The van der Waals surface area contributed by atoms with Crippen LogP contribution in [0.15, 0.2) is 24.3 Å². The fraction of sp³-hybridized carbons (Fsp3) is 0.429. The highest BCUT2D eigenvalue weighted by Crippen LogP contribution is 2.14. The van der Waals surface area contributed by atoms with E-state index in [4.69, 9.17) is 16.2 Å². The topological polar surface area (TPSA) is 98.6 Å². The van der Waals surface area contributed by atoms with Gasteiger partial charge < -0.3 is 21.1 Å². The van der Waals surface area contributed by atoms with Crippen LogP contribution in [-0.2, 0) is 9.59 Å². The highest BCUT2D eigenvalue weighted by atomic mass is 16.5. The van der Waals surface area contributed by atoms with Crippen molar-refractivity contribution in [3.63, 3.8) is 0 Å². The van der Waals surface area contributed by atoms with Gasteiger partial charge in [0, 0.05) is 18.3 Å². The second-order valence-electron chi connectivity index (χ2n) is 5.00. The summed E-state index contributed by atoms with van der Waals surface area (Å²) in [5, 5.41) is 0. The summed E-state index contributed by atoms with van der Waals surface area (Å²) in [4.78, 5) is 24.4. The molecule has 0 saturated heterocycles. The van der Waals surface area contributed by atoms with Gasteiger partial charge in [-0.25, -0.2) is 0 Å². The normalized spacial score (nSPS) is 10.3. The fourth-order valence-electron chi connectivity index (χ4n) is 1.72. The summed E-state index contributed by atoms with van der Waals surface area (Å²) in [7, 11) is 0. The predicted octanol–water partition coefficient (Wildman–Crippen LogP) is 0.618. The summed E-state index contributed by atoms with van der Waals surface area (Å²) >= 11 is 0. The molecule has 4 N–H and O–H groups in total. The quantitative estimate of drug-likeness (QED) is 0.715. The molecule has 0 radical (unpaired) electrons. The minimum absolute atomic E-state index is 0.0999. The lowest BCUT2D eigenvalue weighted by Gasteiger charge is -2.23. The molecule has 0 spiro atoms. The lowest BCUT2D eigenvalue weighted by molar-refractivity contribution is -0.137. The first-order chi connectivity index (χ1) is 9.38. The SMILES string of the molecule is CC(C)CN(CC(N)=O)C(=O)COc1cccc(N)c1. The molecule has 110 valence electrons. The first kappa shape index (κ1) is 15.8. The van der Waals surface area contributed by atoms with Crippen molar-refractivity contribution in [3.05, 3.63) is 24.3 Å². The highest BCUT2D eigenvalue weighted by molar-refractivity contribution is 5.84. The molecule has 2 amide bonds. The number of nitrogens with zero attached hydrogens (tertiary/aromatic N) is 1. The molecule has 6 nitrogen and oxygen atoms in total. The zero-order valence-corrected chi connectivity index (χ0v) is 11.8. The van der Waals surface area contributed by atoms with Crippen LogP contribution >= 0.6 is 0 Å². The first-order valence-corrected chi connectivity index (χ1v) is 6.43. The molecule has 1 aromatic rings. The number of nitrogen functional groups attached to an aromatic ring is 1. The second kappa shape index (κ2) is 7.37. The Morgan fingerprint density at radius 2 is 2.05 bits per heavy atom. The number of anilines is 1. The Kier molecular flexibility index (Phi) is 5.83. The van der Waals surface area contributed by atoms with E-state index in [1.165, 1.54) is 4.90 Å². The Labute approximate surface area is 118 Å². The Balaban J connectivity index is 2.59. The molecule has 0 unspecified atom stereocenters. The Bertz CT molecular complexity index is 474. The number of benzene rings is 1. The van der Waals surface area contributed by atoms with Crippen LogP contribution in [0.3, 0.4) is 0 Å². The van der Waals surface area contributed by atoms with Crippen molar-refractivity contribution in [1.82, 2.24) is 4.90 Å². The van der Waals surface area contributed by atoms with Gasteiger partial charge in [0.1, 0.15) is 5.75 Å². The van der Waals surface area contributed by atoms with Crippen molar-refractivity contribution in [2.24, 2.45) is 11.7 Å². The minimum Gasteiger partial charge on any atom is -0.484 e. The molecule has 0 aliphatic heterocycles. The lowest BCUT2D eigenvalue weighted by Crippen LogP contribution is -2.42. The van der Waals surface area contributed by atoms with Crippen molar-refractivity contribution >= 4 is 17.5 Å². The molecule has 1 aromatic carbocycles. The van der Waals surface area contributed by atoms with E-state index in [2.05, 4.69) is 0 Å². The summed E-state index contributed by atoms with van der Waals surface area (Å²) in [6.07, 6.45) is 0. The molecule has 0 heterocycles. The van der Waals surface area contributed by atoms with E-state index in [-0.39, 0.29) is 25.0 Å². The molecule has 0 atom stereocenters. The summed E-state index contributed by atoms with van der Waals surface area (Å²) in [6, 6.07) is 6.82. The predicted molar refractivity (Wildman–Crippen MR) is 77.0 cm³/mol. The van der Waals surface area contributed by atoms with E-state index >= 15 is 0 Å². The van der Waals surface area contributed by atoms with E-state index in [0.29, 0.717) is 18.0 Å². The molecule has 0 aromatic heterocycles. The Morgan fingerprint density at radius 3 is 2.60 bits per heavy atom. The number of hydrogen-bond donors (Lipinski definition) is 2. The van der Waals surface area contributed by atoms with E-state index in [1.807, 2.05) is 13.8 Å². The molecule has 1 rings (SSSR count). The average molecular weight is 279 g/mol. The Hall–Kier alpha value is -2.24. The van der Waals surface area contributed by atoms with Crippen LogP contribution in [0.5, 0.6) is 5.75 Å². The number of carbonyl (C=O) groups excluding carboxylic acids is 2. The monoisotopic (exact) mass is 279 g/mol. The van der Waals surface area contributed by atoms with Gasteiger partial charge in [0.15, 0.2) is 6.61 Å². The third-order valence-corrected chi connectivity index (χ3v) is 2.51. The maximum Gasteiger partial charge on any atom is 0.260 e. The smallest absolute Gasteiger partial charge is 0.260 e. The van der Waals surface area contributed by atoms with Gasteiger partial charge in [0.05, 0.1) is 6.54 Å². The molecule has 0 aliphatic carbocycles. The van der Waals surface area contributed by atoms with E-state index in [1.54, 1.807) is 24.3 Å². The summed E-state index contributed by atoms with van der Waals surface area (Å²) in [5.41, 5.74) is 11.3. The zero-order chi connectivity index (χ0) is 15.1. The molecule has 20 heavy (non-hydrogen) atoms. The van der Waals surface area contributed by atoms with Crippen LogP contribution in [0.25, 0.3) is 0 Å². The molecule has 0 bridgehead atoms. The number of carbonyl (C=O) groups is 2. The largest absolute Gasteiger partial charge is 0.484 e. The molecule has 0 saturated carbocycles. The molecular weight excluding hydrogens is 258 g/mol. The van der Waals surface area contributed by atoms with Crippen LogP contribution < -0.4 is 16.2 Å². The van der Waals surface area contributed by atoms with Crippen LogP contribution in [0, 0.1) is 5.92 Å². The van der Waals surface area contributed by atoms with Crippen LogP contribution in [-0.4, -0.2) is 36.4 Å². The van der Waals surface area contributed by atoms with Crippen molar-refractivity contribution in [3.8, 4) is 5.75 Å². The number of primary amides is 1. The highest BCUT2D eigenvalue weighted by Gasteiger charge is 2.17. The van der Waals surface area contributed by atoms with Gasteiger partial charge in [-0.3, -0.25) is 9.59 Å². The number of ether oxygens (including phenoxy) is 1. The van der Waals surface area contributed by atoms with Gasteiger partial charge in [-0.05, 0) is 18.1 Å². The van der Waals surface area contributed by atoms with Gasteiger partial charge >= 0.3 is 0 Å². The molecule has 0 fully saturated rings. The molecular formula is C14H21N3O3. The van der Waals surface area contributed by atoms with Crippen molar-refractivity contribution in [2.75, 3.05) is 25.4 Å². The zero-order valence-electron chi connectivity index (χ0n) is 11.8. The average Bonchev–Trinajstić information content (AvgIpc) is 2.34. The van der Waals surface area contributed by atoms with Crippen LogP contribution in [0.4, 0.5) is 5.69 Å². The molecule has 0 aliphatic rings. The minimum atomic E-state index is -0.539. The van der Waals surface area contributed by atoms with E-state index < -0.39 is 5.91 Å². The van der Waals surface area contributed by atoms with Gasteiger partial charge in [0.2, 0.25) is 5.91 Å².